The quantitative estimate of drug-likeness (QED) is 0.637. The number of nitrogens with one attached hydrogen (secondary N) is 1. The number of guanidine groups is 1. The summed E-state index contributed by atoms with van der Waals surface area (Å²) in [6, 6.07) is 3.90. The van der Waals surface area contributed by atoms with Gasteiger partial charge in [-0.1, -0.05) is 6.92 Å². The fraction of sp³-hybridized carbons (Fsp3) is 0.583. The normalized spacial score (nSPS) is 17.2. The molecule has 0 aliphatic heterocycles. The molecule has 0 saturated heterocycles. The average Bonchev–Trinajstić information content (AvgIpc) is 2.81. The second-order valence-electron chi connectivity index (χ2n) is 4.60. The highest BCUT2D eigenvalue weighted by atomic mass is 32.2. The minimum Gasteiger partial charge on any atom is -0.370 e. The second-order valence-corrected chi connectivity index (χ2v) is 8.27. The molecule has 1 heterocycles. The van der Waals surface area contributed by atoms with E-state index in [4.69, 9.17) is 5.73 Å². The van der Waals surface area contributed by atoms with Crippen LogP contribution in [0.25, 0.3) is 0 Å². The van der Waals surface area contributed by atoms with Gasteiger partial charge in [-0.2, -0.15) is 0 Å². The van der Waals surface area contributed by atoms with Crippen molar-refractivity contribution in [2.45, 2.75) is 43.0 Å². The van der Waals surface area contributed by atoms with Gasteiger partial charge in [-0.25, -0.2) is 13.4 Å². The van der Waals surface area contributed by atoms with E-state index < -0.39 is 9.84 Å². The molecule has 0 amide bonds. The van der Waals surface area contributed by atoms with Crippen molar-refractivity contribution < 1.29 is 8.42 Å². The number of sulfone groups is 1. The molecule has 1 aliphatic rings. The van der Waals surface area contributed by atoms with Crippen LogP contribution in [0.5, 0.6) is 0 Å². The van der Waals surface area contributed by atoms with Gasteiger partial charge in [0.25, 0.3) is 0 Å². The summed E-state index contributed by atoms with van der Waals surface area (Å²) in [7, 11) is -3.11. The molecule has 5 nitrogen and oxygen atoms in total. The lowest BCUT2D eigenvalue weighted by atomic mass is 9.93. The third kappa shape index (κ3) is 3.70. The molecular formula is C12H19N3O2S2. The fourth-order valence-electron chi connectivity index (χ4n) is 1.72. The van der Waals surface area contributed by atoms with Gasteiger partial charge in [0.2, 0.25) is 0 Å². The molecule has 1 fully saturated rings. The predicted octanol–water partition coefficient (Wildman–Crippen LogP) is 1.50. The summed E-state index contributed by atoms with van der Waals surface area (Å²) < 4.78 is 23.8. The molecule has 106 valence electrons. The zero-order chi connectivity index (χ0) is 13.9. The number of thiophene rings is 1. The average molecular weight is 301 g/mol. The van der Waals surface area contributed by atoms with Crippen molar-refractivity contribution in [3.63, 3.8) is 0 Å². The van der Waals surface area contributed by atoms with Crippen molar-refractivity contribution in [2.75, 3.05) is 5.75 Å². The Morgan fingerprint density at radius 3 is 2.84 bits per heavy atom. The van der Waals surface area contributed by atoms with Crippen molar-refractivity contribution in [2.24, 2.45) is 10.7 Å². The van der Waals surface area contributed by atoms with Crippen molar-refractivity contribution in [3.8, 4) is 0 Å². The molecule has 2 rings (SSSR count). The number of aliphatic imine (C=N–C) groups is 1. The minimum atomic E-state index is -3.11. The number of rotatable bonds is 5. The van der Waals surface area contributed by atoms with Crippen molar-refractivity contribution in [3.05, 3.63) is 17.0 Å². The van der Waals surface area contributed by atoms with Crippen LogP contribution in [0.4, 0.5) is 0 Å². The number of hydrogen-bond donors (Lipinski definition) is 2. The Bertz CT molecular complexity index is 559. The van der Waals surface area contributed by atoms with Crippen molar-refractivity contribution in [1.29, 1.82) is 0 Å². The fourth-order valence-corrected chi connectivity index (χ4v) is 4.13. The van der Waals surface area contributed by atoms with Gasteiger partial charge in [0.15, 0.2) is 15.8 Å². The van der Waals surface area contributed by atoms with E-state index in [2.05, 4.69) is 10.3 Å². The van der Waals surface area contributed by atoms with E-state index >= 15 is 0 Å². The summed E-state index contributed by atoms with van der Waals surface area (Å²) in [6.07, 6.45) is 3.54. The van der Waals surface area contributed by atoms with Gasteiger partial charge < -0.3 is 11.1 Å². The SMILES string of the molecule is CCS(=O)(=O)c1ccc(CN=C(N)NC2CCC2)s1. The molecule has 3 N–H and O–H groups in total. The van der Waals surface area contributed by atoms with Crippen molar-refractivity contribution in [1.82, 2.24) is 5.32 Å². The maximum absolute atomic E-state index is 11.7. The lowest BCUT2D eigenvalue weighted by Gasteiger charge is -2.26. The minimum absolute atomic E-state index is 0.127. The molecule has 19 heavy (non-hydrogen) atoms. The second kappa shape index (κ2) is 5.92. The molecule has 1 aliphatic carbocycles. The lowest BCUT2D eigenvalue weighted by molar-refractivity contribution is 0.382. The summed E-state index contributed by atoms with van der Waals surface area (Å²) in [5.74, 6) is 0.569. The maximum atomic E-state index is 11.7. The highest BCUT2D eigenvalue weighted by Crippen LogP contribution is 2.23. The molecule has 0 aromatic carbocycles. The monoisotopic (exact) mass is 301 g/mol. The van der Waals surface area contributed by atoms with Gasteiger partial charge in [-0.3, -0.25) is 0 Å². The van der Waals surface area contributed by atoms with Crippen LogP contribution < -0.4 is 11.1 Å². The first-order chi connectivity index (χ1) is 9.01. The molecular weight excluding hydrogens is 282 g/mol. The van der Waals surface area contributed by atoms with Crippen LogP contribution in [0.3, 0.4) is 0 Å². The van der Waals surface area contributed by atoms with E-state index in [0.717, 1.165) is 17.7 Å². The molecule has 0 radical (unpaired) electrons. The van der Waals surface area contributed by atoms with E-state index in [1.165, 1.54) is 17.8 Å². The zero-order valence-corrected chi connectivity index (χ0v) is 12.6. The topological polar surface area (TPSA) is 84.5 Å². The highest BCUT2D eigenvalue weighted by Gasteiger charge is 2.17. The Kier molecular flexibility index (Phi) is 4.46. The first kappa shape index (κ1) is 14.3. The molecule has 1 saturated carbocycles. The summed E-state index contributed by atoms with van der Waals surface area (Å²) in [5.41, 5.74) is 5.78. The van der Waals surface area contributed by atoms with Crippen molar-refractivity contribution >= 4 is 27.1 Å². The van der Waals surface area contributed by atoms with Crippen LogP contribution in [0, 0.1) is 0 Å². The molecule has 0 atom stereocenters. The first-order valence-corrected chi connectivity index (χ1v) is 8.86. The van der Waals surface area contributed by atoms with E-state index in [1.807, 2.05) is 0 Å². The lowest BCUT2D eigenvalue weighted by Crippen LogP contribution is -2.43. The number of hydrogen-bond acceptors (Lipinski definition) is 4. The van der Waals surface area contributed by atoms with Gasteiger partial charge in [0, 0.05) is 10.9 Å². The van der Waals surface area contributed by atoms with E-state index in [0.29, 0.717) is 22.8 Å². The number of nitrogens with two attached hydrogens (primary N) is 1. The van der Waals surface area contributed by atoms with E-state index in [1.54, 1.807) is 19.1 Å². The van der Waals surface area contributed by atoms with Gasteiger partial charge in [0.05, 0.1) is 12.3 Å². The summed E-state index contributed by atoms with van der Waals surface area (Å²) in [5, 5.41) is 3.15. The van der Waals surface area contributed by atoms with E-state index in [9.17, 15) is 8.42 Å². The van der Waals surface area contributed by atoms with Gasteiger partial charge >= 0.3 is 0 Å². The highest BCUT2D eigenvalue weighted by molar-refractivity contribution is 7.93. The molecule has 0 spiro atoms. The smallest absolute Gasteiger partial charge is 0.189 e. The Morgan fingerprint density at radius 2 is 2.26 bits per heavy atom. The van der Waals surface area contributed by atoms with Crippen LogP contribution in [0.15, 0.2) is 21.3 Å². The van der Waals surface area contributed by atoms with Crippen LogP contribution >= 0.6 is 11.3 Å². The standard InChI is InChI=1S/C12H19N3O2S2/c1-2-19(16,17)11-7-6-10(18-11)8-14-12(13)15-9-4-3-5-9/h6-7,9H,2-5,8H2,1H3,(H3,13,14,15). The number of nitrogens with zero attached hydrogens (tertiary/aromatic N) is 1. The Morgan fingerprint density at radius 1 is 1.53 bits per heavy atom. The predicted molar refractivity (Wildman–Crippen MR) is 78.1 cm³/mol. The third-order valence-corrected chi connectivity index (χ3v) is 6.57. The molecule has 1 aromatic heterocycles. The summed E-state index contributed by atoms with van der Waals surface area (Å²) >= 11 is 1.27. The largest absolute Gasteiger partial charge is 0.370 e. The molecule has 0 bridgehead atoms. The summed E-state index contributed by atoms with van der Waals surface area (Å²) in [4.78, 5) is 5.14. The van der Waals surface area contributed by atoms with Gasteiger partial charge in [-0.15, -0.1) is 11.3 Å². The maximum Gasteiger partial charge on any atom is 0.189 e. The van der Waals surface area contributed by atoms with E-state index in [-0.39, 0.29) is 5.75 Å². The van der Waals surface area contributed by atoms with Gasteiger partial charge in [-0.05, 0) is 31.4 Å². The van der Waals surface area contributed by atoms with Crippen LogP contribution in [0.2, 0.25) is 0 Å². The zero-order valence-electron chi connectivity index (χ0n) is 10.9. The Hall–Kier alpha value is -1.08. The Labute approximate surface area is 117 Å². The molecule has 1 aromatic rings. The van der Waals surface area contributed by atoms with Crippen LogP contribution in [0.1, 0.15) is 31.1 Å². The summed E-state index contributed by atoms with van der Waals surface area (Å²) in [6.45, 7) is 2.07. The first-order valence-electron chi connectivity index (χ1n) is 6.39. The van der Waals surface area contributed by atoms with Crippen LogP contribution in [-0.2, 0) is 16.4 Å². The van der Waals surface area contributed by atoms with Gasteiger partial charge in [0.1, 0.15) is 4.21 Å². The third-order valence-electron chi connectivity index (χ3n) is 3.19. The Balaban J connectivity index is 1.94. The molecule has 7 heteroatoms. The molecule has 0 unspecified atom stereocenters. The van der Waals surface area contributed by atoms with Crippen LogP contribution in [-0.4, -0.2) is 26.2 Å².